The van der Waals surface area contributed by atoms with Gasteiger partial charge >= 0.3 is 0 Å². The molecule has 2 unspecified atom stereocenters. The Morgan fingerprint density at radius 3 is 2.55 bits per heavy atom. The first-order chi connectivity index (χ1) is 9.60. The average Bonchev–Trinajstić information content (AvgIpc) is 2.78. The highest BCUT2D eigenvalue weighted by Gasteiger charge is 2.33. The molecule has 20 heavy (non-hydrogen) atoms. The molecule has 0 aliphatic carbocycles. The Balaban J connectivity index is 2.30. The normalized spacial score (nSPS) is 20.1. The molecule has 1 heterocycles. The van der Waals surface area contributed by atoms with Gasteiger partial charge in [0.2, 0.25) is 5.91 Å². The Morgan fingerprint density at radius 2 is 2.05 bits per heavy atom. The summed E-state index contributed by atoms with van der Waals surface area (Å²) < 4.78 is 10.5. The highest BCUT2D eigenvalue weighted by atomic mass is 16.5. The van der Waals surface area contributed by atoms with Gasteiger partial charge in [0.15, 0.2) is 11.5 Å². The molecular weight excluding hydrogens is 258 g/mol. The number of hydrogen-bond acceptors (Lipinski definition) is 4. The van der Waals surface area contributed by atoms with E-state index in [9.17, 15) is 9.90 Å². The number of carbonyl (C=O) groups excluding carboxylic acids is 1. The lowest BCUT2D eigenvalue weighted by Crippen LogP contribution is -2.30. The molecule has 1 aromatic rings. The molecule has 1 fully saturated rings. The number of hydrogen-bond donors (Lipinski definition) is 1. The van der Waals surface area contributed by atoms with E-state index < -0.39 is 6.10 Å². The predicted molar refractivity (Wildman–Crippen MR) is 74.9 cm³/mol. The lowest BCUT2D eigenvalue weighted by atomic mass is 10.0. The van der Waals surface area contributed by atoms with Crippen molar-refractivity contribution in [2.45, 2.75) is 31.9 Å². The van der Waals surface area contributed by atoms with Gasteiger partial charge in [0.05, 0.1) is 32.8 Å². The molecule has 0 bridgehead atoms. The third kappa shape index (κ3) is 2.72. The van der Waals surface area contributed by atoms with Gasteiger partial charge in [-0.1, -0.05) is 13.0 Å². The Labute approximate surface area is 119 Å². The maximum absolute atomic E-state index is 11.9. The molecule has 1 saturated heterocycles. The molecule has 5 nitrogen and oxygen atoms in total. The van der Waals surface area contributed by atoms with Crippen LogP contribution >= 0.6 is 0 Å². The van der Waals surface area contributed by atoms with Crippen molar-refractivity contribution in [1.82, 2.24) is 4.90 Å². The highest BCUT2D eigenvalue weighted by molar-refractivity contribution is 5.79. The summed E-state index contributed by atoms with van der Waals surface area (Å²) in [6.07, 6.45) is 0.439. The number of aliphatic hydroxyl groups excluding tert-OH is 1. The number of likely N-dealkylation sites (tertiary alicyclic amines) is 1. The Hall–Kier alpha value is -1.75. The molecule has 0 saturated carbocycles. The minimum Gasteiger partial charge on any atom is -0.493 e. The second-order valence-corrected chi connectivity index (χ2v) is 4.94. The number of aliphatic hydroxyl groups is 1. The van der Waals surface area contributed by atoms with E-state index >= 15 is 0 Å². The summed E-state index contributed by atoms with van der Waals surface area (Å²) in [6.45, 7) is 2.42. The molecular formula is C15H21NO4. The molecule has 2 atom stereocenters. The van der Waals surface area contributed by atoms with Gasteiger partial charge in [0.25, 0.3) is 0 Å². The molecule has 5 heteroatoms. The monoisotopic (exact) mass is 279 g/mol. The number of β-amino-alcohol motifs (C(OH)–C–C–N with tert-alkyl or cyclic N) is 1. The summed E-state index contributed by atoms with van der Waals surface area (Å²) in [5, 5.41) is 9.64. The van der Waals surface area contributed by atoms with Gasteiger partial charge in [0, 0.05) is 6.54 Å². The van der Waals surface area contributed by atoms with E-state index in [4.69, 9.17) is 9.47 Å². The van der Waals surface area contributed by atoms with Crippen LogP contribution in [-0.2, 0) is 4.79 Å². The molecule has 0 radical (unpaired) electrons. The summed E-state index contributed by atoms with van der Waals surface area (Å²) in [7, 11) is 3.18. The second-order valence-electron chi connectivity index (χ2n) is 4.94. The molecule has 1 aliphatic rings. The van der Waals surface area contributed by atoms with Crippen LogP contribution in [0.4, 0.5) is 0 Å². The zero-order valence-electron chi connectivity index (χ0n) is 12.1. The van der Waals surface area contributed by atoms with Gasteiger partial charge in [-0.25, -0.2) is 0 Å². The van der Waals surface area contributed by atoms with Crippen molar-refractivity contribution in [1.29, 1.82) is 0 Å². The van der Waals surface area contributed by atoms with Crippen molar-refractivity contribution in [3.63, 3.8) is 0 Å². The largest absolute Gasteiger partial charge is 0.493 e. The first-order valence-electron chi connectivity index (χ1n) is 6.80. The maximum Gasteiger partial charge on any atom is 0.225 e. The van der Waals surface area contributed by atoms with E-state index in [0.29, 0.717) is 18.0 Å². The molecule has 0 spiro atoms. The lowest BCUT2D eigenvalue weighted by Gasteiger charge is -2.27. The Morgan fingerprint density at radius 1 is 1.35 bits per heavy atom. The Kier molecular flexibility index (Phi) is 4.49. The van der Waals surface area contributed by atoms with Gasteiger partial charge in [0.1, 0.15) is 0 Å². The number of methoxy groups -OCH3 is 2. The standard InChI is InChI=1S/C15H21NO4/c1-4-12(16-9-11(17)8-15(16)18)10-5-6-13(19-2)14(7-10)20-3/h5-7,11-12,17H,4,8-9H2,1-3H3. The number of benzene rings is 1. The van der Waals surface area contributed by atoms with Crippen LogP contribution in [0.15, 0.2) is 18.2 Å². The van der Waals surface area contributed by atoms with Crippen molar-refractivity contribution >= 4 is 5.91 Å². The first kappa shape index (κ1) is 14.7. The van der Waals surface area contributed by atoms with E-state index in [-0.39, 0.29) is 18.4 Å². The number of nitrogens with zero attached hydrogens (tertiary/aromatic N) is 1. The van der Waals surface area contributed by atoms with Crippen LogP contribution in [0.3, 0.4) is 0 Å². The van der Waals surface area contributed by atoms with Crippen molar-refractivity contribution in [3.8, 4) is 11.5 Å². The quantitative estimate of drug-likeness (QED) is 0.892. The molecule has 1 aromatic carbocycles. The molecule has 110 valence electrons. The summed E-state index contributed by atoms with van der Waals surface area (Å²) in [5.41, 5.74) is 0.993. The van der Waals surface area contributed by atoms with E-state index in [0.717, 1.165) is 12.0 Å². The van der Waals surface area contributed by atoms with Gasteiger partial charge < -0.3 is 19.5 Å². The average molecular weight is 279 g/mol. The van der Waals surface area contributed by atoms with Crippen molar-refractivity contribution in [2.24, 2.45) is 0 Å². The smallest absolute Gasteiger partial charge is 0.225 e. The summed E-state index contributed by atoms with van der Waals surface area (Å²) >= 11 is 0. The number of carbonyl (C=O) groups is 1. The predicted octanol–water partition coefficient (Wildman–Crippen LogP) is 1.75. The van der Waals surface area contributed by atoms with E-state index in [1.807, 2.05) is 25.1 Å². The SMILES string of the molecule is CCC(c1ccc(OC)c(OC)c1)N1CC(O)CC1=O. The second kappa shape index (κ2) is 6.13. The van der Waals surface area contributed by atoms with Gasteiger partial charge in [-0.15, -0.1) is 0 Å². The third-order valence-electron chi connectivity index (χ3n) is 3.69. The number of rotatable bonds is 5. The fourth-order valence-electron chi connectivity index (χ4n) is 2.71. The van der Waals surface area contributed by atoms with E-state index in [1.165, 1.54) is 0 Å². The molecule has 1 N–H and O–H groups in total. The Bertz CT molecular complexity index is 489. The van der Waals surface area contributed by atoms with Crippen LogP contribution in [0.1, 0.15) is 31.4 Å². The molecule has 0 aromatic heterocycles. The van der Waals surface area contributed by atoms with Crippen LogP contribution in [0.2, 0.25) is 0 Å². The van der Waals surface area contributed by atoms with Crippen LogP contribution in [0.25, 0.3) is 0 Å². The van der Waals surface area contributed by atoms with Gasteiger partial charge in [-0.3, -0.25) is 4.79 Å². The fraction of sp³-hybridized carbons (Fsp3) is 0.533. The van der Waals surface area contributed by atoms with E-state index in [2.05, 4.69) is 0 Å². The fourth-order valence-corrected chi connectivity index (χ4v) is 2.71. The molecule has 1 amide bonds. The topological polar surface area (TPSA) is 59.0 Å². The molecule has 1 aliphatic heterocycles. The zero-order valence-corrected chi connectivity index (χ0v) is 12.1. The number of amides is 1. The van der Waals surface area contributed by atoms with Crippen molar-refractivity contribution < 1.29 is 19.4 Å². The summed E-state index contributed by atoms with van der Waals surface area (Å²) in [5.74, 6) is 1.31. The highest BCUT2D eigenvalue weighted by Crippen LogP contribution is 2.34. The zero-order chi connectivity index (χ0) is 14.7. The molecule has 2 rings (SSSR count). The van der Waals surface area contributed by atoms with Crippen LogP contribution in [-0.4, -0.2) is 42.8 Å². The number of ether oxygens (including phenoxy) is 2. The van der Waals surface area contributed by atoms with Crippen LogP contribution in [0, 0.1) is 0 Å². The first-order valence-corrected chi connectivity index (χ1v) is 6.80. The van der Waals surface area contributed by atoms with Crippen LogP contribution < -0.4 is 9.47 Å². The minimum atomic E-state index is -0.559. The van der Waals surface area contributed by atoms with E-state index in [1.54, 1.807) is 19.1 Å². The van der Waals surface area contributed by atoms with Crippen molar-refractivity contribution in [2.75, 3.05) is 20.8 Å². The summed E-state index contributed by atoms with van der Waals surface area (Å²) in [6, 6.07) is 5.63. The third-order valence-corrected chi connectivity index (χ3v) is 3.69. The van der Waals surface area contributed by atoms with Gasteiger partial charge in [-0.2, -0.15) is 0 Å². The maximum atomic E-state index is 11.9. The summed E-state index contributed by atoms with van der Waals surface area (Å²) in [4.78, 5) is 13.7. The van der Waals surface area contributed by atoms with Gasteiger partial charge in [-0.05, 0) is 24.1 Å². The van der Waals surface area contributed by atoms with Crippen molar-refractivity contribution in [3.05, 3.63) is 23.8 Å². The minimum absolute atomic E-state index is 0.000801. The van der Waals surface area contributed by atoms with Crippen LogP contribution in [0.5, 0.6) is 11.5 Å². The lowest BCUT2D eigenvalue weighted by molar-refractivity contribution is -0.129.